The number of ether oxygens (including phenoxy) is 1. The van der Waals surface area contributed by atoms with Gasteiger partial charge in [0.1, 0.15) is 0 Å². The predicted octanol–water partition coefficient (Wildman–Crippen LogP) is 6.11. The first-order valence-electron chi connectivity index (χ1n) is 9.55. The van der Waals surface area contributed by atoms with Crippen LogP contribution in [0.15, 0.2) is 0 Å². The maximum absolute atomic E-state index is 5.41. The van der Waals surface area contributed by atoms with Crippen molar-refractivity contribution in [2.24, 2.45) is 0 Å². The standard InChI is InChI=1S/C23H36OSi/c1-14-15(2)19(6)22(18(14)5)25(10,13-11-12-24-9)23-20(7)16(3)17(4)21(23)8/h11-13H2,1-10H3. The Bertz CT molecular complexity index is 376. The number of hydrogen-bond donors (Lipinski definition) is 0. The lowest BCUT2D eigenvalue weighted by Crippen LogP contribution is -2.50. The predicted molar refractivity (Wildman–Crippen MR) is 111 cm³/mol. The third-order valence-corrected chi connectivity index (χ3v) is 12.1. The molecule has 0 N–H and O–H groups in total. The van der Waals surface area contributed by atoms with Gasteiger partial charge in [-0.1, -0.05) is 68.0 Å². The van der Waals surface area contributed by atoms with Gasteiger partial charge in [-0.2, -0.15) is 0 Å². The zero-order valence-corrected chi connectivity index (χ0v) is 19.0. The minimum atomic E-state index is -1.82. The van der Waals surface area contributed by atoms with Crippen LogP contribution < -0.4 is 0 Å². The second-order valence-electron chi connectivity index (χ2n) is 8.18. The van der Waals surface area contributed by atoms with Crippen LogP contribution in [-0.2, 0) is 4.74 Å². The Balaban J connectivity index is 2.41. The van der Waals surface area contributed by atoms with Crippen molar-refractivity contribution in [3.8, 4) is 0 Å². The van der Waals surface area contributed by atoms with Crippen molar-refractivity contribution >= 4 is 8.07 Å². The third-order valence-electron chi connectivity index (χ3n) is 7.00. The second kappa shape index (κ2) is 8.05. The summed E-state index contributed by atoms with van der Waals surface area (Å²) in [5.41, 5.74) is 3.38. The van der Waals surface area contributed by atoms with E-state index in [4.69, 9.17) is 4.74 Å². The summed E-state index contributed by atoms with van der Waals surface area (Å²) in [5.74, 6) is 12.1. The summed E-state index contributed by atoms with van der Waals surface area (Å²) >= 11 is 0. The first-order valence-corrected chi connectivity index (χ1v) is 12.3. The van der Waals surface area contributed by atoms with Gasteiger partial charge in [-0.05, 0) is 64.8 Å². The first-order chi connectivity index (χ1) is 11.6. The molecule has 0 bridgehead atoms. The highest BCUT2D eigenvalue weighted by molar-refractivity contribution is 6.91. The molecule has 10 radical (unpaired) electrons. The van der Waals surface area contributed by atoms with E-state index >= 15 is 0 Å². The van der Waals surface area contributed by atoms with E-state index in [1.807, 2.05) is 7.11 Å². The van der Waals surface area contributed by atoms with Crippen molar-refractivity contribution in [2.45, 2.75) is 74.4 Å². The third kappa shape index (κ3) is 3.51. The van der Waals surface area contributed by atoms with Crippen LogP contribution in [0.25, 0.3) is 0 Å². The van der Waals surface area contributed by atoms with Gasteiger partial charge < -0.3 is 4.74 Å². The molecule has 2 rings (SSSR count). The summed E-state index contributed by atoms with van der Waals surface area (Å²) in [6.45, 7) is 22.0. The van der Waals surface area contributed by atoms with Crippen LogP contribution in [-0.4, -0.2) is 21.8 Å². The summed E-state index contributed by atoms with van der Waals surface area (Å²) in [5, 5.41) is 0. The van der Waals surface area contributed by atoms with Crippen molar-refractivity contribution in [3.05, 3.63) is 58.4 Å². The molecule has 1 nitrogen and oxygen atoms in total. The smallest absolute Gasteiger partial charge is 0.0664 e. The van der Waals surface area contributed by atoms with Gasteiger partial charge in [0.05, 0.1) is 8.07 Å². The molecule has 2 aliphatic rings. The zero-order chi connectivity index (χ0) is 19.1. The fourth-order valence-corrected chi connectivity index (χ4v) is 10.7. The van der Waals surface area contributed by atoms with Gasteiger partial charge in [0.15, 0.2) is 0 Å². The van der Waals surface area contributed by atoms with Crippen LogP contribution in [0, 0.1) is 58.4 Å². The average Bonchev–Trinajstić information content (AvgIpc) is 2.88. The van der Waals surface area contributed by atoms with Crippen molar-refractivity contribution < 1.29 is 4.74 Å². The van der Waals surface area contributed by atoms with Gasteiger partial charge in [0.25, 0.3) is 0 Å². The van der Waals surface area contributed by atoms with Crippen LogP contribution in [0.5, 0.6) is 0 Å². The lowest BCUT2D eigenvalue weighted by atomic mass is 9.92. The molecular weight excluding hydrogens is 320 g/mol. The molecule has 138 valence electrons. The van der Waals surface area contributed by atoms with Gasteiger partial charge in [0, 0.05) is 13.7 Å². The molecule has 0 aromatic carbocycles. The molecule has 0 amide bonds. The molecule has 0 unspecified atom stereocenters. The highest BCUT2D eigenvalue weighted by Gasteiger charge is 2.60. The van der Waals surface area contributed by atoms with E-state index in [-0.39, 0.29) is 0 Å². The summed E-state index contributed by atoms with van der Waals surface area (Å²) in [6.07, 6.45) is 1.14. The van der Waals surface area contributed by atoms with Gasteiger partial charge in [-0.15, -0.1) is 0 Å². The van der Waals surface area contributed by atoms with E-state index in [2.05, 4.69) is 61.9 Å². The Morgan fingerprint density at radius 1 is 0.600 bits per heavy atom. The monoisotopic (exact) mass is 356 g/mol. The molecule has 2 fully saturated rings. The SMILES string of the molecule is COCCC[Si](C)([C]1[C](C)[C](C)[C](C)[C]1C)[C]1[C](C)[C](C)[C](C)[C]1C. The normalized spacial score (nSPS) is 26.6. The Labute approximate surface area is 159 Å². The molecule has 25 heavy (non-hydrogen) atoms. The Kier molecular flexibility index (Phi) is 6.91. The molecule has 0 heterocycles. The summed E-state index contributed by atoms with van der Waals surface area (Å²) in [4.78, 5) is 0. The Morgan fingerprint density at radius 3 is 1.20 bits per heavy atom. The fraction of sp³-hybridized carbons (Fsp3) is 0.565. The van der Waals surface area contributed by atoms with E-state index in [1.165, 1.54) is 53.4 Å². The van der Waals surface area contributed by atoms with Gasteiger partial charge in [0.2, 0.25) is 0 Å². The van der Waals surface area contributed by atoms with Crippen LogP contribution in [0.4, 0.5) is 0 Å². The lowest BCUT2D eigenvalue weighted by molar-refractivity contribution is 0.199. The molecule has 0 aromatic rings. The minimum absolute atomic E-state index is 0.857. The lowest BCUT2D eigenvalue weighted by Gasteiger charge is -2.46. The zero-order valence-electron chi connectivity index (χ0n) is 18.0. The molecule has 0 aromatic heterocycles. The Hall–Kier alpha value is 0.177. The molecule has 2 heteroatoms. The van der Waals surface area contributed by atoms with E-state index in [0.717, 1.165) is 13.0 Å². The quantitative estimate of drug-likeness (QED) is 0.412. The molecule has 0 aliphatic heterocycles. The second-order valence-corrected chi connectivity index (χ2v) is 12.3. The molecule has 2 aliphatic carbocycles. The largest absolute Gasteiger partial charge is 0.385 e. The van der Waals surface area contributed by atoms with Gasteiger partial charge >= 0.3 is 0 Å². The topological polar surface area (TPSA) is 9.23 Å². The van der Waals surface area contributed by atoms with E-state index in [9.17, 15) is 0 Å². The molecule has 0 atom stereocenters. The van der Waals surface area contributed by atoms with Crippen molar-refractivity contribution in [1.29, 1.82) is 0 Å². The maximum Gasteiger partial charge on any atom is 0.0664 e. The van der Waals surface area contributed by atoms with Crippen molar-refractivity contribution in [2.75, 3.05) is 13.7 Å². The molecule has 0 spiro atoms. The molecule has 2 saturated carbocycles. The van der Waals surface area contributed by atoms with E-state index in [0.29, 0.717) is 0 Å². The van der Waals surface area contributed by atoms with E-state index < -0.39 is 8.07 Å². The van der Waals surface area contributed by atoms with Crippen LogP contribution >= 0.6 is 0 Å². The Morgan fingerprint density at radius 2 is 0.920 bits per heavy atom. The maximum atomic E-state index is 5.41. The summed E-state index contributed by atoms with van der Waals surface area (Å²) in [7, 11) is 0.000753. The first kappa shape index (κ1) is 21.5. The minimum Gasteiger partial charge on any atom is -0.385 e. The fourth-order valence-electron chi connectivity index (χ4n) is 5.04. The number of rotatable bonds is 6. The van der Waals surface area contributed by atoms with Crippen molar-refractivity contribution in [1.82, 2.24) is 0 Å². The average molecular weight is 357 g/mol. The number of hydrogen-bond acceptors (Lipinski definition) is 1. The van der Waals surface area contributed by atoms with Crippen LogP contribution in [0.2, 0.25) is 12.6 Å². The van der Waals surface area contributed by atoms with E-state index in [1.54, 1.807) is 11.1 Å². The summed E-state index contributed by atoms with van der Waals surface area (Å²) < 4.78 is 5.41. The van der Waals surface area contributed by atoms with Gasteiger partial charge in [-0.3, -0.25) is 0 Å². The van der Waals surface area contributed by atoms with Crippen LogP contribution in [0.3, 0.4) is 0 Å². The van der Waals surface area contributed by atoms with Gasteiger partial charge in [-0.25, -0.2) is 0 Å². The van der Waals surface area contributed by atoms with Crippen LogP contribution in [0.1, 0.15) is 61.8 Å². The van der Waals surface area contributed by atoms with Crippen molar-refractivity contribution in [3.63, 3.8) is 0 Å². The highest BCUT2D eigenvalue weighted by atomic mass is 28.3. The summed E-state index contributed by atoms with van der Waals surface area (Å²) in [6, 6.07) is 1.26. The highest BCUT2D eigenvalue weighted by Crippen LogP contribution is 2.64. The molecular formula is C23H36OSi. The number of methoxy groups -OCH3 is 1. The molecule has 0 saturated heterocycles.